The van der Waals surface area contributed by atoms with Crippen molar-refractivity contribution in [3.63, 3.8) is 0 Å². The number of carbonyl (C=O) groups is 1. The van der Waals surface area contributed by atoms with Crippen LogP contribution in [0.3, 0.4) is 0 Å². The summed E-state index contributed by atoms with van der Waals surface area (Å²) in [6.07, 6.45) is 3.71. The van der Waals surface area contributed by atoms with Crippen molar-refractivity contribution < 1.29 is 9.53 Å². The first-order valence-corrected chi connectivity index (χ1v) is 7.90. The van der Waals surface area contributed by atoms with Gasteiger partial charge < -0.3 is 9.72 Å². The van der Waals surface area contributed by atoms with E-state index in [1.54, 1.807) is 25.4 Å². The molecule has 0 aliphatic rings. The Kier molecular flexibility index (Phi) is 5.15. The molecule has 7 heteroatoms. The summed E-state index contributed by atoms with van der Waals surface area (Å²) < 4.78 is 5.17. The van der Waals surface area contributed by atoms with Crippen LogP contribution in [-0.2, 0) is 11.2 Å². The molecule has 0 aliphatic heterocycles. The van der Waals surface area contributed by atoms with Gasteiger partial charge >= 0.3 is 0 Å². The number of aromatic amines is 1. The van der Waals surface area contributed by atoms with E-state index in [2.05, 4.69) is 20.2 Å². The summed E-state index contributed by atoms with van der Waals surface area (Å²) in [6.45, 7) is 2.53. The van der Waals surface area contributed by atoms with Gasteiger partial charge in [-0.2, -0.15) is 0 Å². The lowest BCUT2D eigenvalue weighted by Crippen LogP contribution is -2.29. The maximum atomic E-state index is 13.3. The van der Waals surface area contributed by atoms with Gasteiger partial charge in [-0.05, 0) is 37.1 Å². The summed E-state index contributed by atoms with van der Waals surface area (Å²) in [5, 5.41) is 7.77. The molecule has 0 unspecified atom stereocenters. The second-order valence-electron chi connectivity index (χ2n) is 5.54. The van der Waals surface area contributed by atoms with Crippen molar-refractivity contribution in [3.8, 4) is 0 Å². The first kappa shape index (κ1) is 16.8. The molecule has 0 saturated heterocycles. The van der Waals surface area contributed by atoms with E-state index in [0.717, 1.165) is 11.1 Å². The largest absolute Gasteiger partial charge is 0.384 e. The Bertz CT molecular complexity index is 834. The van der Waals surface area contributed by atoms with Gasteiger partial charge in [0.15, 0.2) is 0 Å². The maximum absolute atomic E-state index is 13.3. The number of nitrogens with zero attached hydrogens (tertiary/aromatic N) is 4. The van der Waals surface area contributed by atoms with Gasteiger partial charge in [0.1, 0.15) is 12.1 Å². The van der Waals surface area contributed by atoms with Crippen LogP contribution in [0.15, 0.2) is 48.9 Å². The van der Waals surface area contributed by atoms with Crippen molar-refractivity contribution in [1.29, 1.82) is 0 Å². The molecule has 7 nitrogen and oxygen atoms in total. The average molecular weight is 337 g/mol. The Morgan fingerprint density at radius 3 is 2.84 bits per heavy atom. The number of carbonyl (C=O) groups excluding carboxylic acids is 1. The molecule has 3 aromatic rings. The number of hydrogen-bond acceptors (Lipinski definition) is 5. The van der Waals surface area contributed by atoms with Crippen molar-refractivity contribution in [2.24, 2.45) is 0 Å². The highest BCUT2D eigenvalue weighted by molar-refractivity contribution is 6.10. The first-order chi connectivity index (χ1) is 12.2. The lowest BCUT2D eigenvalue weighted by atomic mass is 10.0. The lowest BCUT2D eigenvalue weighted by molar-refractivity contribution is 0.0996. The minimum atomic E-state index is -0.221. The molecule has 0 atom stereocenters. The fourth-order valence-electron chi connectivity index (χ4n) is 2.57. The zero-order valence-electron chi connectivity index (χ0n) is 14.1. The Balaban J connectivity index is 2.04. The van der Waals surface area contributed by atoms with Crippen LogP contribution in [0.1, 0.15) is 21.5 Å². The number of aromatic nitrogens is 4. The molecular weight excluding hydrogens is 318 g/mol. The SMILES string of the molecule is COCCc1cc(C)ccc1C(=O)N(c1ccccn1)c1nnc[nH]1. The number of anilines is 2. The fourth-order valence-corrected chi connectivity index (χ4v) is 2.57. The third kappa shape index (κ3) is 3.72. The van der Waals surface area contributed by atoms with Crippen molar-refractivity contribution in [1.82, 2.24) is 20.2 Å². The standard InChI is InChI=1S/C18H19N5O2/c1-13-6-7-15(14(11-13)8-10-25-2)17(24)23(18-20-12-21-22-18)16-5-3-4-9-19-16/h3-7,9,11-12H,8,10H2,1-2H3,(H,20,21,22). The Morgan fingerprint density at radius 2 is 2.16 bits per heavy atom. The van der Waals surface area contributed by atoms with Gasteiger partial charge in [0, 0.05) is 18.9 Å². The van der Waals surface area contributed by atoms with Crippen molar-refractivity contribution >= 4 is 17.7 Å². The minimum absolute atomic E-state index is 0.221. The fraction of sp³-hybridized carbons (Fsp3) is 0.222. The molecule has 0 aliphatic carbocycles. The summed E-state index contributed by atoms with van der Waals surface area (Å²) >= 11 is 0. The van der Waals surface area contributed by atoms with Gasteiger partial charge in [-0.1, -0.05) is 23.8 Å². The van der Waals surface area contributed by atoms with Crippen LogP contribution in [0.25, 0.3) is 0 Å². The molecule has 2 heterocycles. The van der Waals surface area contributed by atoms with Gasteiger partial charge in [0.2, 0.25) is 5.95 Å². The third-order valence-corrected chi connectivity index (χ3v) is 3.76. The van der Waals surface area contributed by atoms with E-state index in [9.17, 15) is 4.79 Å². The van der Waals surface area contributed by atoms with Crippen LogP contribution in [0.5, 0.6) is 0 Å². The molecule has 0 saturated carbocycles. The summed E-state index contributed by atoms with van der Waals surface area (Å²) in [5.74, 6) is 0.575. The van der Waals surface area contributed by atoms with Crippen LogP contribution in [-0.4, -0.2) is 39.8 Å². The number of pyridine rings is 1. The number of ether oxygens (including phenoxy) is 1. The molecule has 1 N–H and O–H groups in total. The number of rotatable bonds is 6. The van der Waals surface area contributed by atoms with Crippen molar-refractivity contribution in [3.05, 3.63) is 65.6 Å². The highest BCUT2D eigenvalue weighted by atomic mass is 16.5. The zero-order valence-corrected chi connectivity index (χ0v) is 14.1. The molecule has 1 amide bonds. The molecular formula is C18H19N5O2. The van der Waals surface area contributed by atoms with Crippen LogP contribution >= 0.6 is 0 Å². The molecule has 128 valence electrons. The van der Waals surface area contributed by atoms with E-state index in [-0.39, 0.29) is 5.91 Å². The second kappa shape index (κ2) is 7.67. The van der Waals surface area contributed by atoms with Crippen molar-refractivity contribution in [2.45, 2.75) is 13.3 Å². The Morgan fingerprint density at radius 1 is 1.28 bits per heavy atom. The molecule has 3 rings (SSSR count). The summed E-state index contributed by atoms with van der Waals surface area (Å²) in [5.41, 5.74) is 2.60. The highest BCUT2D eigenvalue weighted by Crippen LogP contribution is 2.24. The van der Waals surface area contributed by atoms with E-state index < -0.39 is 0 Å². The molecule has 25 heavy (non-hydrogen) atoms. The number of hydrogen-bond donors (Lipinski definition) is 1. The zero-order chi connectivity index (χ0) is 17.6. The Labute approximate surface area is 145 Å². The van der Waals surface area contributed by atoms with Crippen LogP contribution < -0.4 is 4.90 Å². The Hall–Kier alpha value is -3.06. The third-order valence-electron chi connectivity index (χ3n) is 3.76. The smallest absolute Gasteiger partial charge is 0.266 e. The van der Waals surface area contributed by atoms with Gasteiger partial charge in [-0.15, -0.1) is 10.2 Å². The topological polar surface area (TPSA) is 84.0 Å². The minimum Gasteiger partial charge on any atom is -0.384 e. The summed E-state index contributed by atoms with van der Waals surface area (Å²) in [6, 6.07) is 11.1. The number of aryl methyl sites for hydroxylation is 1. The quantitative estimate of drug-likeness (QED) is 0.747. The summed E-state index contributed by atoms with van der Waals surface area (Å²) in [7, 11) is 1.64. The van der Waals surface area contributed by atoms with Crippen molar-refractivity contribution in [2.75, 3.05) is 18.6 Å². The number of H-pyrrole nitrogens is 1. The predicted molar refractivity (Wildman–Crippen MR) is 93.8 cm³/mol. The van der Waals surface area contributed by atoms with Gasteiger partial charge in [-0.3, -0.25) is 4.79 Å². The summed E-state index contributed by atoms with van der Waals surface area (Å²) in [4.78, 5) is 21.9. The monoisotopic (exact) mass is 337 g/mol. The number of amides is 1. The highest BCUT2D eigenvalue weighted by Gasteiger charge is 2.25. The van der Waals surface area contributed by atoms with E-state index in [0.29, 0.717) is 30.4 Å². The van der Waals surface area contributed by atoms with Crippen LogP contribution in [0.4, 0.5) is 11.8 Å². The van der Waals surface area contributed by atoms with E-state index >= 15 is 0 Å². The van der Waals surface area contributed by atoms with Gasteiger partial charge in [0.25, 0.3) is 5.91 Å². The molecule has 0 radical (unpaired) electrons. The average Bonchev–Trinajstić information content (AvgIpc) is 3.15. The predicted octanol–water partition coefficient (Wildman–Crippen LogP) is 2.68. The normalized spacial score (nSPS) is 10.6. The van der Waals surface area contributed by atoms with E-state index in [1.165, 1.54) is 11.2 Å². The number of nitrogens with one attached hydrogen (secondary N) is 1. The van der Waals surface area contributed by atoms with Crippen LogP contribution in [0.2, 0.25) is 0 Å². The molecule has 0 fully saturated rings. The van der Waals surface area contributed by atoms with Gasteiger partial charge in [0.05, 0.1) is 6.61 Å². The first-order valence-electron chi connectivity index (χ1n) is 7.90. The van der Waals surface area contributed by atoms with E-state index in [4.69, 9.17) is 4.74 Å². The maximum Gasteiger partial charge on any atom is 0.266 e. The van der Waals surface area contributed by atoms with Gasteiger partial charge in [-0.25, -0.2) is 9.88 Å². The molecule has 2 aromatic heterocycles. The number of benzene rings is 1. The molecule has 0 spiro atoms. The lowest BCUT2D eigenvalue weighted by Gasteiger charge is -2.20. The van der Waals surface area contributed by atoms with Crippen LogP contribution in [0, 0.1) is 6.92 Å². The van der Waals surface area contributed by atoms with E-state index in [1.807, 2.05) is 31.2 Å². The second-order valence-corrected chi connectivity index (χ2v) is 5.54. The number of methoxy groups -OCH3 is 1. The molecule has 0 bridgehead atoms. The molecule has 1 aromatic carbocycles.